The van der Waals surface area contributed by atoms with Crippen molar-refractivity contribution >= 4 is 28.1 Å². The van der Waals surface area contributed by atoms with Crippen LogP contribution in [0.1, 0.15) is 12.6 Å². The van der Waals surface area contributed by atoms with Gasteiger partial charge < -0.3 is 20.5 Å². The van der Waals surface area contributed by atoms with Gasteiger partial charge in [0.25, 0.3) is 0 Å². The third-order valence-corrected chi connectivity index (χ3v) is 3.38. The predicted molar refractivity (Wildman–Crippen MR) is 83.0 cm³/mol. The van der Waals surface area contributed by atoms with Crippen LogP contribution in [0.25, 0.3) is 0 Å². The highest BCUT2D eigenvalue weighted by molar-refractivity contribution is 7.13. The van der Waals surface area contributed by atoms with Crippen LogP contribution in [-0.4, -0.2) is 24.6 Å². The molecule has 6 nitrogen and oxygen atoms in total. The minimum atomic E-state index is -0.161. The SMILES string of the molecule is CCOc1ccc(NC(=O)Cc2csc(N)n2)cc1OC. The number of methoxy groups -OCH3 is 1. The lowest BCUT2D eigenvalue weighted by Crippen LogP contribution is -2.14. The molecule has 112 valence electrons. The summed E-state index contributed by atoms with van der Waals surface area (Å²) in [6.07, 6.45) is 0.184. The van der Waals surface area contributed by atoms with Crippen molar-refractivity contribution in [2.24, 2.45) is 0 Å². The fourth-order valence-corrected chi connectivity index (χ4v) is 2.36. The molecule has 2 aromatic rings. The minimum absolute atomic E-state index is 0.161. The average Bonchev–Trinajstić information content (AvgIpc) is 2.85. The highest BCUT2D eigenvalue weighted by Gasteiger charge is 2.10. The van der Waals surface area contributed by atoms with E-state index in [2.05, 4.69) is 10.3 Å². The van der Waals surface area contributed by atoms with Gasteiger partial charge >= 0.3 is 0 Å². The molecule has 1 heterocycles. The number of nitrogens with two attached hydrogens (primary N) is 1. The molecular weight excluding hydrogens is 290 g/mol. The maximum atomic E-state index is 11.9. The van der Waals surface area contributed by atoms with E-state index in [1.165, 1.54) is 11.3 Å². The fourth-order valence-electron chi connectivity index (χ4n) is 1.79. The summed E-state index contributed by atoms with van der Waals surface area (Å²) in [7, 11) is 1.56. The zero-order valence-electron chi connectivity index (χ0n) is 11.9. The largest absolute Gasteiger partial charge is 0.493 e. The lowest BCUT2D eigenvalue weighted by Gasteiger charge is -2.11. The van der Waals surface area contributed by atoms with Crippen molar-refractivity contribution in [2.45, 2.75) is 13.3 Å². The van der Waals surface area contributed by atoms with Crippen LogP contribution in [0.2, 0.25) is 0 Å². The Bertz CT molecular complexity index is 628. The van der Waals surface area contributed by atoms with Crippen molar-refractivity contribution in [1.29, 1.82) is 0 Å². The number of carbonyl (C=O) groups excluding carboxylic acids is 1. The molecule has 1 aromatic heterocycles. The lowest BCUT2D eigenvalue weighted by molar-refractivity contribution is -0.115. The number of benzene rings is 1. The van der Waals surface area contributed by atoms with E-state index in [1.807, 2.05) is 6.92 Å². The molecule has 0 bridgehead atoms. The number of nitrogens with zero attached hydrogens (tertiary/aromatic N) is 1. The van der Waals surface area contributed by atoms with Crippen molar-refractivity contribution in [3.8, 4) is 11.5 Å². The molecule has 0 fully saturated rings. The molecule has 0 radical (unpaired) electrons. The molecule has 1 amide bonds. The lowest BCUT2D eigenvalue weighted by atomic mass is 10.2. The van der Waals surface area contributed by atoms with E-state index in [1.54, 1.807) is 30.7 Å². The molecule has 3 N–H and O–H groups in total. The maximum Gasteiger partial charge on any atom is 0.230 e. The Hall–Kier alpha value is -2.28. The highest BCUT2D eigenvalue weighted by atomic mass is 32.1. The first-order valence-electron chi connectivity index (χ1n) is 6.43. The van der Waals surface area contributed by atoms with Gasteiger partial charge in [-0.15, -0.1) is 11.3 Å². The third-order valence-electron chi connectivity index (χ3n) is 2.66. The van der Waals surface area contributed by atoms with Gasteiger partial charge in [-0.1, -0.05) is 0 Å². The summed E-state index contributed by atoms with van der Waals surface area (Å²) in [5, 5.41) is 5.02. The average molecular weight is 307 g/mol. The van der Waals surface area contributed by atoms with Crippen LogP contribution in [-0.2, 0) is 11.2 Å². The standard InChI is InChI=1S/C14H17N3O3S/c1-3-20-11-5-4-9(6-12(11)19-2)16-13(18)7-10-8-21-14(15)17-10/h4-6,8H,3,7H2,1-2H3,(H2,15,17)(H,16,18). The number of amides is 1. The number of anilines is 2. The fraction of sp³-hybridized carbons (Fsp3) is 0.286. The van der Waals surface area contributed by atoms with Crippen LogP contribution in [0.15, 0.2) is 23.6 Å². The summed E-state index contributed by atoms with van der Waals surface area (Å²) in [4.78, 5) is 16.0. The Balaban J connectivity index is 2.03. The monoisotopic (exact) mass is 307 g/mol. The smallest absolute Gasteiger partial charge is 0.230 e. The minimum Gasteiger partial charge on any atom is -0.493 e. The van der Waals surface area contributed by atoms with E-state index in [0.29, 0.717) is 34.6 Å². The van der Waals surface area contributed by atoms with Gasteiger partial charge in [-0.2, -0.15) is 0 Å². The van der Waals surface area contributed by atoms with Gasteiger partial charge in [-0.25, -0.2) is 4.98 Å². The van der Waals surface area contributed by atoms with Crippen molar-refractivity contribution in [3.05, 3.63) is 29.3 Å². The third kappa shape index (κ3) is 4.09. The Morgan fingerprint density at radius 2 is 2.24 bits per heavy atom. The molecule has 0 saturated heterocycles. The Morgan fingerprint density at radius 3 is 2.86 bits per heavy atom. The van der Waals surface area contributed by atoms with Crippen LogP contribution < -0.4 is 20.5 Å². The molecule has 0 unspecified atom stereocenters. The number of rotatable bonds is 6. The number of ether oxygens (including phenoxy) is 2. The number of carbonyl (C=O) groups is 1. The van der Waals surface area contributed by atoms with Crippen LogP contribution in [0.3, 0.4) is 0 Å². The number of nitrogens with one attached hydrogen (secondary N) is 1. The summed E-state index contributed by atoms with van der Waals surface area (Å²) in [5.74, 6) is 1.06. The summed E-state index contributed by atoms with van der Waals surface area (Å²) in [6.45, 7) is 2.45. The highest BCUT2D eigenvalue weighted by Crippen LogP contribution is 2.30. The Kier molecular flexibility index (Phi) is 4.99. The van der Waals surface area contributed by atoms with Gasteiger partial charge in [0.1, 0.15) is 0 Å². The van der Waals surface area contributed by atoms with Crippen molar-refractivity contribution in [2.75, 3.05) is 24.8 Å². The molecular formula is C14H17N3O3S. The van der Waals surface area contributed by atoms with E-state index in [9.17, 15) is 4.79 Å². The second-order valence-corrected chi connectivity index (χ2v) is 5.09. The number of nitrogen functional groups attached to an aromatic ring is 1. The van der Waals surface area contributed by atoms with Gasteiger partial charge in [0, 0.05) is 17.1 Å². The normalized spacial score (nSPS) is 10.2. The van der Waals surface area contributed by atoms with Crippen LogP contribution in [0.4, 0.5) is 10.8 Å². The van der Waals surface area contributed by atoms with Crippen molar-refractivity contribution in [3.63, 3.8) is 0 Å². The Morgan fingerprint density at radius 1 is 1.43 bits per heavy atom. The Labute approximate surface area is 126 Å². The van der Waals surface area contributed by atoms with Gasteiger partial charge in [0.15, 0.2) is 16.6 Å². The van der Waals surface area contributed by atoms with E-state index >= 15 is 0 Å². The van der Waals surface area contributed by atoms with Crippen molar-refractivity contribution in [1.82, 2.24) is 4.98 Å². The summed E-state index contributed by atoms with van der Waals surface area (Å²) < 4.78 is 10.7. The van der Waals surface area contributed by atoms with Crippen LogP contribution in [0, 0.1) is 0 Å². The quantitative estimate of drug-likeness (QED) is 0.855. The summed E-state index contributed by atoms with van der Waals surface area (Å²) in [5.41, 5.74) is 6.84. The molecule has 2 rings (SSSR count). The molecule has 0 atom stereocenters. The molecule has 7 heteroatoms. The van der Waals surface area contributed by atoms with Gasteiger partial charge in [-0.3, -0.25) is 4.79 Å². The summed E-state index contributed by atoms with van der Waals surface area (Å²) >= 11 is 1.32. The molecule has 0 aliphatic rings. The first-order chi connectivity index (χ1) is 10.1. The van der Waals surface area contributed by atoms with Crippen molar-refractivity contribution < 1.29 is 14.3 Å². The summed E-state index contributed by atoms with van der Waals surface area (Å²) in [6, 6.07) is 5.25. The molecule has 0 saturated carbocycles. The van der Waals surface area contributed by atoms with Gasteiger partial charge in [-0.05, 0) is 19.1 Å². The first kappa shape index (κ1) is 15.1. The number of thiazole rings is 1. The predicted octanol–water partition coefficient (Wildman–Crippen LogP) is 2.31. The van der Waals surface area contributed by atoms with Crippen LogP contribution in [0.5, 0.6) is 11.5 Å². The molecule has 21 heavy (non-hydrogen) atoms. The second kappa shape index (κ2) is 6.94. The number of hydrogen-bond acceptors (Lipinski definition) is 6. The zero-order valence-corrected chi connectivity index (χ0v) is 12.7. The topological polar surface area (TPSA) is 86.5 Å². The molecule has 0 aliphatic heterocycles. The molecule has 0 spiro atoms. The van der Waals surface area contributed by atoms with E-state index in [-0.39, 0.29) is 12.3 Å². The van der Waals surface area contributed by atoms with E-state index in [0.717, 1.165) is 0 Å². The van der Waals surface area contributed by atoms with E-state index < -0.39 is 0 Å². The molecule has 0 aliphatic carbocycles. The zero-order chi connectivity index (χ0) is 15.2. The van der Waals surface area contributed by atoms with Gasteiger partial charge in [0.2, 0.25) is 5.91 Å². The second-order valence-electron chi connectivity index (χ2n) is 4.20. The number of aromatic nitrogens is 1. The maximum absolute atomic E-state index is 11.9. The first-order valence-corrected chi connectivity index (χ1v) is 7.31. The van der Waals surface area contributed by atoms with E-state index in [4.69, 9.17) is 15.2 Å². The van der Waals surface area contributed by atoms with Gasteiger partial charge in [0.05, 0.1) is 25.8 Å². The van der Waals surface area contributed by atoms with Crippen LogP contribution >= 0.6 is 11.3 Å². The molecule has 1 aromatic carbocycles. The number of hydrogen-bond donors (Lipinski definition) is 2.